The number of halogens is 5. The maximum Gasteiger partial charge on any atom is 0.419 e. The Balaban J connectivity index is 1.41. The minimum Gasteiger partial charge on any atom is -0.326 e. The van der Waals surface area contributed by atoms with Crippen LogP contribution < -0.4 is 5.32 Å². The van der Waals surface area contributed by atoms with Gasteiger partial charge in [0.15, 0.2) is 0 Å². The molecule has 8 heteroatoms. The van der Waals surface area contributed by atoms with E-state index < -0.39 is 23.5 Å². The molecule has 0 saturated carbocycles. The molecule has 1 aliphatic rings. The molecule has 1 aliphatic heterocycles. The number of benzene rings is 3. The van der Waals surface area contributed by atoms with Gasteiger partial charge in [-0.3, -0.25) is 9.69 Å². The van der Waals surface area contributed by atoms with Crippen molar-refractivity contribution in [2.24, 2.45) is 0 Å². The van der Waals surface area contributed by atoms with Crippen molar-refractivity contribution in [3.8, 4) is 0 Å². The fourth-order valence-electron chi connectivity index (χ4n) is 4.05. The SMILES string of the molecule is O=C(Cc1ccc(C(F)(F)F)c(F)c1)Nc1cccc2c1CCN(Cc1ccc(F)cc1)C2. The van der Waals surface area contributed by atoms with Crippen LogP contribution in [-0.4, -0.2) is 17.4 Å². The first kappa shape index (κ1) is 22.9. The lowest BCUT2D eigenvalue weighted by Crippen LogP contribution is -2.31. The van der Waals surface area contributed by atoms with E-state index in [0.29, 0.717) is 31.3 Å². The number of rotatable bonds is 5. The van der Waals surface area contributed by atoms with E-state index in [0.717, 1.165) is 35.4 Å². The number of fused-ring (bicyclic) bond motifs is 1. The van der Waals surface area contributed by atoms with Crippen molar-refractivity contribution >= 4 is 11.6 Å². The Bertz CT molecular complexity index is 1160. The molecule has 172 valence electrons. The lowest BCUT2D eigenvalue weighted by molar-refractivity contribution is -0.140. The number of carbonyl (C=O) groups is 1. The summed E-state index contributed by atoms with van der Waals surface area (Å²) in [5.41, 5.74) is 2.52. The number of carbonyl (C=O) groups excluding carboxylic acids is 1. The predicted octanol–water partition coefficient (Wildman–Crippen LogP) is 5.72. The van der Waals surface area contributed by atoms with Crippen LogP contribution in [0.2, 0.25) is 0 Å². The van der Waals surface area contributed by atoms with Gasteiger partial charge in [-0.05, 0) is 59.0 Å². The summed E-state index contributed by atoms with van der Waals surface area (Å²) >= 11 is 0. The van der Waals surface area contributed by atoms with Gasteiger partial charge in [-0.15, -0.1) is 0 Å². The summed E-state index contributed by atoms with van der Waals surface area (Å²) in [4.78, 5) is 14.7. The summed E-state index contributed by atoms with van der Waals surface area (Å²) < 4.78 is 65.1. The van der Waals surface area contributed by atoms with Gasteiger partial charge in [0.2, 0.25) is 5.91 Å². The smallest absolute Gasteiger partial charge is 0.326 e. The van der Waals surface area contributed by atoms with E-state index in [1.807, 2.05) is 12.1 Å². The number of anilines is 1. The van der Waals surface area contributed by atoms with E-state index in [1.54, 1.807) is 18.2 Å². The zero-order chi connectivity index (χ0) is 23.6. The van der Waals surface area contributed by atoms with Crippen LogP contribution in [0.15, 0.2) is 60.7 Å². The Morgan fingerprint density at radius 2 is 1.70 bits per heavy atom. The third-order valence-electron chi connectivity index (χ3n) is 5.64. The van der Waals surface area contributed by atoms with Crippen molar-refractivity contribution in [3.63, 3.8) is 0 Å². The van der Waals surface area contributed by atoms with E-state index in [4.69, 9.17) is 0 Å². The molecule has 0 fully saturated rings. The highest BCUT2D eigenvalue weighted by Gasteiger charge is 2.34. The highest BCUT2D eigenvalue weighted by Crippen LogP contribution is 2.32. The standard InChI is InChI=1S/C25H21F5N2O/c26-19-7-4-16(5-8-19)14-32-11-10-20-18(15-32)2-1-3-23(20)31-24(33)13-17-6-9-21(22(27)12-17)25(28,29)30/h1-9,12H,10-11,13-15H2,(H,31,33). The van der Waals surface area contributed by atoms with Crippen LogP contribution in [0.25, 0.3) is 0 Å². The fraction of sp³-hybridized carbons (Fsp3) is 0.240. The summed E-state index contributed by atoms with van der Waals surface area (Å²) in [6, 6.07) is 14.5. The number of nitrogens with one attached hydrogen (secondary N) is 1. The lowest BCUT2D eigenvalue weighted by Gasteiger charge is -2.30. The Kier molecular flexibility index (Phi) is 6.47. The first-order valence-electron chi connectivity index (χ1n) is 10.4. The highest BCUT2D eigenvalue weighted by atomic mass is 19.4. The minimum absolute atomic E-state index is 0.160. The molecule has 3 aromatic rings. The topological polar surface area (TPSA) is 32.3 Å². The molecule has 1 amide bonds. The largest absolute Gasteiger partial charge is 0.419 e. The first-order valence-corrected chi connectivity index (χ1v) is 10.4. The van der Waals surface area contributed by atoms with E-state index in [-0.39, 0.29) is 17.8 Å². The Morgan fingerprint density at radius 1 is 0.970 bits per heavy atom. The van der Waals surface area contributed by atoms with Crippen LogP contribution in [0.3, 0.4) is 0 Å². The number of amides is 1. The Labute approximate surface area is 187 Å². The summed E-state index contributed by atoms with van der Waals surface area (Å²) in [6.45, 7) is 2.09. The normalized spacial score (nSPS) is 14.1. The summed E-state index contributed by atoms with van der Waals surface area (Å²) in [5, 5.41) is 2.81. The number of hydrogen-bond acceptors (Lipinski definition) is 2. The maximum atomic E-state index is 13.8. The van der Waals surface area contributed by atoms with Gasteiger partial charge in [-0.2, -0.15) is 13.2 Å². The van der Waals surface area contributed by atoms with Gasteiger partial charge in [0.25, 0.3) is 0 Å². The van der Waals surface area contributed by atoms with Gasteiger partial charge in [-0.1, -0.05) is 30.3 Å². The minimum atomic E-state index is -4.78. The predicted molar refractivity (Wildman–Crippen MR) is 114 cm³/mol. The quantitative estimate of drug-likeness (QED) is 0.494. The summed E-state index contributed by atoms with van der Waals surface area (Å²) in [5.74, 6) is -2.11. The molecule has 3 aromatic carbocycles. The van der Waals surface area contributed by atoms with Crippen molar-refractivity contribution in [2.75, 3.05) is 11.9 Å². The lowest BCUT2D eigenvalue weighted by atomic mass is 9.97. The molecule has 4 rings (SSSR count). The molecule has 0 aliphatic carbocycles. The highest BCUT2D eigenvalue weighted by molar-refractivity contribution is 5.93. The second kappa shape index (κ2) is 9.31. The number of hydrogen-bond donors (Lipinski definition) is 1. The van der Waals surface area contributed by atoms with E-state index in [2.05, 4.69) is 10.2 Å². The number of nitrogens with zero attached hydrogens (tertiary/aromatic N) is 1. The molecule has 0 radical (unpaired) electrons. The molecule has 0 spiro atoms. The van der Waals surface area contributed by atoms with Crippen molar-refractivity contribution in [1.29, 1.82) is 0 Å². The van der Waals surface area contributed by atoms with Gasteiger partial charge in [0.1, 0.15) is 11.6 Å². The van der Waals surface area contributed by atoms with Gasteiger partial charge in [0, 0.05) is 25.3 Å². The Morgan fingerprint density at radius 3 is 2.39 bits per heavy atom. The molecule has 0 saturated heterocycles. The molecule has 33 heavy (non-hydrogen) atoms. The third kappa shape index (κ3) is 5.57. The summed E-state index contributed by atoms with van der Waals surface area (Å²) in [7, 11) is 0. The van der Waals surface area contributed by atoms with Crippen molar-refractivity contribution < 1.29 is 26.7 Å². The molecule has 0 unspecified atom stereocenters. The molecule has 1 N–H and O–H groups in total. The van der Waals surface area contributed by atoms with Crippen LogP contribution in [0.4, 0.5) is 27.6 Å². The van der Waals surface area contributed by atoms with Gasteiger partial charge >= 0.3 is 6.18 Å². The van der Waals surface area contributed by atoms with Crippen molar-refractivity contribution in [1.82, 2.24) is 4.90 Å². The van der Waals surface area contributed by atoms with Crippen LogP contribution in [0.1, 0.15) is 27.8 Å². The average molecular weight is 460 g/mol. The number of alkyl halides is 3. The molecule has 3 nitrogen and oxygen atoms in total. The average Bonchev–Trinajstić information content (AvgIpc) is 2.74. The summed E-state index contributed by atoms with van der Waals surface area (Å²) in [6.07, 6.45) is -4.32. The van der Waals surface area contributed by atoms with Crippen LogP contribution in [-0.2, 0) is 36.9 Å². The second-order valence-corrected chi connectivity index (χ2v) is 8.07. The van der Waals surface area contributed by atoms with Crippen molar-refractivity contribution in [3.05, 3.63) is 100 Å². The van der Waals surface area contributed by atoms with E-state index >= 15 is 0 Å². The van der Waals surface area contributed by atoms with E-state index in [1.165, 1.54) is 12.1 Å². The second-order valence-electron chi connectivity index (χ2n) is 8.07. The molecular weight excluding hydrogens is 439 g/mol. The fourth-order valence-corrected chi connectivity index (χ4v) is 4.05. The molecular formula is C25H21F5N2O. The maximum absolute atomic E-state index is 13.8. The van der Waals surface area contributed by atoms with Crippen molar-refractivity contribution in [2.45, 2.75) is 32.1 Å². The molecule has 0 aromatic heterocycles. The Hall–Kier alpha value is -3.26. The first-order chi connectivity index (χ1) is 15.7. The van der Waals surface area contributed by atoms with Crippen LogP contribution in [0.5, 0.6) is 0 Å². The van der Waals surface area contributed by atoms with E-state index in [9.17, 15) is 26.7 Å². The van der Waals surface area contributed by atoms with Crippen LogP contribution >= 0.6 is 0 Å². The van der Waals surface area contributed by atoms with Gasteiger partial charge in [0.05, 0.1) is 12.0 Å². The molecule has 0 atom stereocenters. The molecule has 0 bridgehead atoms. The molecule has 1 heterocycles. The van der Waals surface area contributed by atoms with Gasteiger partial charge < -0.3 is 5.32 Å². The van der Waals surface area contributed by atoms with Crippen LogP contribution in [0, 0.1) is 11.6 Å². The van der Waals surface area contributed by atoms with Gasteiger partial charge in [-0.25, -0.2) is 8.78 Å². The zero-order valence-corrected chi connectivity index (χ0v) is 17.6. The monoisotopic (exact) mass is 460 g/mol. The third-order valence-corrected chi connectivity index (χ3v) is 5.64. The zero-order valence-electron chi connectivity index (χ0n) is 17.6.